The van der Waals surface area contributed by atoms with Gasteiger partial charge in [0.05, 0.1) is 12.7 Å². The van der Waals surface area contributed by atoms with Gasteiger partial charge in [0, 0.05) is 50.0 Å². The SMILES string of the molecule is Cc1ccc(Cl)cc1N1CCN(C[C@H](O)COC[C@H]2C[C@H]3CC[C@H]2C3)CC1. The van der Waals surface area contributed by atoms with Gasteiger partial charge in [-0.15, -0.1) is 0 Å². The van der Waals surface area contributed by atoms with E-state index in [1.54, 1.807) is 0 Å². The molecule has 1 N–H and O–H groups in total. The van der Waals surface area contributed by atoms with E-state index >= 15 is 0 Å². The van der Waals surface area contributed by atoms with Gasteiger partial charge < -0.3 is 14.7 Å². The van der Waals surface area contributed by atoms with Gasteiger partial charge in [-0.3, -0.25) is 4.90 Å². The van der Waals surface area contributed by atoms with Crippen molar-refractivity contribution in [2.45, 2.75) is 38.7 Å². The number of ether oxygens (including phenoxy) is 1. The average Bonchev–Trinajstić information content (AvgIpc) is 3.28. The third-order valence-electron chi connectivity index (χ3n) is 6.88. The molecular formula is C22H33ClN2O2. The molecule has 4 rings (SSSR count). The van der Waals surface area contributed by atoms with Gasteiger partial charge in [-0.2, -0.15) is 0 Å². The van der Waals surface area contributed by atoms with Crippen LogP contribution in [0.2, 0.25) is 5.02 Å². The summed E-state index contributed by atoms with van der Waals surface area (Å²) in [5.74, 6) is 2.61. The predicted octanol–water partition coefficient (Wildman–Crippen LogP) is 3.58. The minimum absolute atomic E-state index is 0.386. The van der Waals surface area contributed by atoms with Gasteiger partial charge in [0.2, 0.25) is 0 Å². The summed E-state index contributed by atoms with van der Waals surface area (Å²) in [4.78, 5) is 4.75. The number of aliphatic hydroxyl groups is 1. The topological polar surface area (TPSA) is 35.9 Å². The number of hydrogen-bond acceptors (Lipinski definition) is 4. The zero-order valence-corrected chi connectivity index (χ0v) is 17.2. The monoisotopic (exact) mass is 392 g/mol. The van der Waals surface area contributed by atoms with E-state index in [2.05, 4.69) is 28.9 Å². The number of nitrogens with zero attached hydrogens (tertiary/aromatic N) is 2. The summed E-state index contributed by atoms with van der Waals surface area (Å²) in [6, 6.07) is 6.09. The Kier molecular flexibility index (Phi) is 6.28. The molecule has 150 valence electrons. The van der Waals surface area contributed by atoms with Crippen LogP contribution in [-0.4, -0.2) is 62.0 Å². The fourth-order valence-electron chi connectivity index (χ4n) is 5.38. The molecule has 4 nitrogen and oxygen atoms in total. The van der Waals surface area contributed by atoms with Gasteiger partial charge in [-0.1, -0.05) is 24.1 Å². The Bertz CT molecular complexity index is 633. The fraction of sp³-hybridized carbons (Fsp3) is 0.727. The van der Waals surface area contributed by atoms with Crippen molar-refractivity contribution in [2.24, 2.45) is 17.8 Å². The first-order valence-electron chi connectivity index (χ1n) is 10.6. The number of aryl methyl sites for hydroxylation is 1. The molecule has 0 radical (unpaired) electrons. The second kappa shape index (κ2) is 8.69. The van der Waals surface area contributed by atoms with Crippen molar-refractivity contribution in [3.8, 4) is 0 Å². The molecule has 3 aliphatic rings. The van der Waals surface area contributed by atoms with E-state index in [-0.39, 0.29) is 6.10 Å². The molecule has 0 aromatic heterocycles. The van der Waals surface area contributed by atoms with Crippen molar-refractivity contribution in [1.82, 2.24) is 4.90 Å². The highest BCUT2D eigenvalue weighted by molar-refractivity contribution is 6.30. The Morgan fingerprint density at radius 2 is 2.00 bits per heavy atom. The largest absolute Gasteiger partial charge is 0.389 e. The van der Waals surface area contributed by atoms with Gasteiger partial charge >= 0.3 is 0 Å². The average molecular weight is 393 g/mol. The van der Waals surface area contributed by atoms with Gasteiger partial charge in [0.25, 0.3) is 0 Å². The summed E-state index contributed by atoms with van der Waals surface area (Å²) in [5.41, 5.74) is 2.50. The molecule has 1 aromatic rings. The Morgan fingerprint density at radius 3 is 2.70 bits per heavy atom. The van der Waals surface area contributed by atoms with Crippen LogP contribution in [0.15, 0.2) is 18.2 Å². The molecule has 2 bridgehead atoms. The lowest BCUT2D eigenvalue weighted by atomic mass is 9.90. The van der Waals surface area contributed by atoms with Gasteiger partial charge in [0.15, 0.2) is 0 Å². The molecule has 2 aliphatic carbocycles. The van der Waals surface area contributed by atoms with Crippen LogP contribution in [0.3, 0.4) is 0 Å². The first kappa shape index (κ1) is 19.5. The number of hydrogen-bond donors (Lipinski definition) is 1. The van der Waals surface area contributed by atoms with E-state index in [1.807, 2.05) is 6.07 Å². The van der Waals surface area contributed by atoms with Crippen LogP contribution in [0.1, 0.15) is 31.2 Å². The Hall–Kier alpha value is -0.810. The van der Waals surface area contributed by atoms with Gasteiger partial charge in [-0.25, -0.2) is 0 Å². The summed E-state index contributed by atoms with van der Waals surface area (Å²) in [6.45, 7) is 8.04. The first-order chi connectivity index (χ1) is 13.1. The summed E-state index contributed by atoms with van der Waals surface area (Å²) in [6.07, 6.45) is 5.23. The van der Waals surface area contributed by atoms with Crippen molar-refractivity contribution in [2.75, 3.05) is 50.8 Å². The zero-order valence-electron chi connectivity index (χ0n) is 16.4. The summed E-state index contributed by atoms with van der Waals surface area (Å²) < 4.78 is 5.89. The Labute approximate surface area is 168 Å². The molecule has 4 atom stereocenters. The van der Waals surface area contributed by atoms with E-state index in [1.165, 1.54) is 36.9 Å². The Balaban J connectivity index is 1.16. The summed E-state index contributed by atoms with van der Waals surface area (Å²) in [5, 5.41) is 11.2. The van der Waals surface area contributed by atoms with E-state index in [4.69, 9.17) is 16.3 Å². The maximum atomic E-state index is 10.4. The highest BCUT2D eigenvalue weighted by Gasteiger charge is 2.39. The molecule has 3 fully saturated rings. The molecule has 1 aromatic carbocycles. The van der Waals surface area contributed by atoms with Crippen LogP contribution in [-0.2, 0) is 4.74 Å². The fourth-order valence-corrected chi connectivity index (χ4v) is 5.55. The summed E-state index contributed by atoms with van der Waals surface area (Å²) in [7, 11) is 0. The number of piperazine rings is 1. The van der Waals surface area contributed by atoms with Crippen LogP contribution in [0.5, 0.6) is 0 Å². The first-order valence-corrected chi connectivity index (χ1v) is 11.0. The van der Waals surface area contributed by atoms with Crippen LogP contribution in [0.25, 0.3) is 0 Å². The van der Waals surface area contributed by atoms with Gasteiger partial charge in [0.1, 0.15) is 0 Å². The minimum Gasteiger partial charge on any atom is -0.389 e. The van der Waals surface area contributed by atoms with E-state index < -0.39 is 0 Å². The van der Waals surface area contributed by atoms with Crippen LogP contribution in [0, 0.1) is 24.7 Å². The number of fused-ring (bicyclic) bond motifs is 2. The highest BCUT2D eigenvalue weighted by atomic mass is 35.5. The molecule has 27 heavy (non-hydrogen) atoms. The van der Waals surface area contributed by atoms with Crippen LogP contribution >= 0.6 is 11.6 Å². The van der Waals surface area contributed by atoms with E-state index in [9.17, 15) is 5.11 Å². The molecule has 1 aliphatic heterocycles. The normalized spacial score (nSPS) is 29.4. The number of halogens is 1. The van der Waals surface area contributed by atoms with Crippen LogP contribution in [0.4, 0.5) is 5.69 Å². The smallest absolute Gasteiger partial charge is 0.0900 e. The van der Waals surface area contributed by atoms with Crippen molar-refractivity contribution >= 4 is 17.3 Å². The molecule has 0 spiro atoms. The lowest BCUT2D eigenvalue weighted by Gasteiger charge is -2.37. The number of rotatable bonds is 7. The summed E-state index contributed by atoms with van der Waals surface area (Å²) >= 11 is 6.17. The molecule has 0 amide bonds. The molecule has 0 unspecified atom stereocenters. The number of benzene rings is 1. The molecule has 1 heterocycles. The third-order valence-corrected chi connectivity index (χ3v) is 7.11. The lowest BCUT2D eigenvalue weighted by molar-refractivity contribution is -0.00274. The molecular weight excluding hydrogens is 360 g/mol. The lowest BCUT2D eigenvalue weighted by Crippen LogP contribution is -2.49. The Morgan fingerprint density at radius 1 is 1.19 bits per heavy atom. The standard InChI is InChI=1S/C22H33ClN2O2/c1-16-2-5-20(23)12-22(16)25-8-6-24(7-9-25)13-21(26)15-27-14-19-11-17-3-4-18(19)10-17/h2,5,12,17-19,21,26H,3-4,6-11,13-15H2,1H3/t17-,18-,19+,21-/m0/s1. The number of anilines is 1. The number of β-amino-alcohol motifs (C(OH)–C–C–N with tert-alkyl or cyclic N) is 1. The van der Waals surface area contributed by atoms with Crippen molar-refractivity contribution in [1.29, 1.82) is 0 Å². The minimum atomic E-state index is -0.386. The second-order valence-electron chi connectivity index (χ2n) is 8.84. The predicted molar refractivity (Wildman–Crippen MR) is 111 cm³/mol. The van der Waals surface area contributed by atoms with E-state index in [0.717, 1.165) is 55.6 Å². The molecule has 2 saturated carbocycles. The number of aliphatic hydroxyl groups excluding tert-OH is 1. The quantitative estimate of drug-likeness (QED) is 0.769. The zero-order chi connectivity index (χ0) is 18.8. The second-order valence-corrected chi connectivity index (χ2v) is 9.28. The highest BCUT2D eigenvalue weighted by Crippen LogP contribution is 2.48. The maximum absolute atomic E-state index is 10.4. The van der Waals surface area contributed by atoms with Gasteiger partial charge in [-0.05, 0) is 61.6 Å². The molecule has 5 heteroatoms. The third kappa shape index (κ3) is 4.79. The molecule has 1 saturated heterocycles. The van der Waals surface area contributed by atoms with Crippen molar-refractivity contribution in [3.05, 3.63) is 28.8 Å². The maximum Gasteiger partial charge on any atom is 0.0900 e. The van der Waals surface area contributed by atoms with Crippen molar-refractivity contribution in [3.63, 3.8) is 0 Å². The van der Waals surface area contributed by atoms with E-state index in [0.29, 0.717) is 13.2 Å². The van der Waals surface area contributed by atoms with Crippen LogP contribution < -0.4 is 4.90 Å². The van der Waals surface area contributed by atoms with Crippen molar-refractivity contribution < 1.29 is 9.84 Å².